The van der Waals surface area contributed by atoms with Crippen molar-refractivity contribution in [3.8, 4) is 0 Å². The molecule has 1 aromatic carbocycles. The average Bonchev–Trinajstić information content (AvgIpc) is 2.70. The molecule has 1 aliphatic heterocycles. The number of amides is 1. The zero-order chi connectivity index (χ0) is 15.1. The maximum Gasteiger partial charge on any atom is 0.416 e. The molecule has 0 saturated heterocycles. The molecule has 0 fully saturated rings. The second kappa shape index (κ2) is 4.73. The van der Waals surface area contributed by atoms with Crippen molar-refractivity contribution in [1.82, 2.24) is 0 Å². The summed E-state index contributed by atoms with van der Waals surface area (Å²) in [5, 5.41) is 3.97. The predicted molar refractivity (Wildman–Crippen MR) is 61.4 cm³/mol. The molecule has 0 aliphatic carbocycles. The number of carbonyl (C=O) groups is 1. The van der Waals surface area contributed by atoms with E-state index in [0.29, 0.717) is 17.1 Å². The van der Waals surface area contributed by atoms with E-state index in [2.05, 4.69) is 5.10 Å². The van der Waals surface area contributed by atoms with Gasteiger partial charge in [0, 0.05) is 0 Å². The van der Waals surface area contributed by atoms with Gasteiger partial charge in [-0.1, -0.05) is 0 Å². The average molecular weight is 293 g/mol. The Hall–Kier alpha value is -2.19. The van der Waals surface area contributed by atoms with Crippen LogP contribution in [0.25, 0.3) is 0 Å². The van der Waals surface area contributed by atoms with Crippen molar-refractivity contribution in [2.24, 2.45) is 5.10 Å². The quantitative estimate of drug-likeness (QED) is 0.673. The van der Waals surface area contributed by atoms with Gasteiger partial charge >= 0.3 is 6.18 Å². The van der Waals surface area contributed by atoms with Crippen molar-refractivity contribution < 1.29 is 26.7 Å². The van der Waals surface area contributed by atoms with Crippen LogP contribution in [0.1, 0.15) is 12.0 Å². The fraction of sp³-hybridized carbons (Fsp3) is 0.273. The fourth-order valence-electron chi connectivity index (χ4n) is 1.68. The molecule has 9 heteroatoms. The summed E-state index contributed by atoms with van der Waals surface area (Å²) < 4.78 is 62.2. The number of nitrogens with zero attached hydrogens (tertiary/aromatic N) is 2. The van der Waals surface area contributed by atoms with Crippen LogP contribution < -0.4 is 10.7 Å². The van der Waals surface area contributed by atoms with Gasteiger partial charge < -0.3 is 5.73 Å². The Morgan fingerprint density at radius 1 is 1.30 bits per heavy atom. The highest BCUT2D eigenvalue weighted by Crippen LogP contribution is 2.35. The van der Waals surface area contributed by atoms with Gasteiger partial charge in [0.2, 0.25) is 0 Å². The maximum atomic E-state index is 12.5. The normalized spacial score (nSPS) is 16.0. The number of anilines is 2. The highest BCUT2D eigenvalue weighted by molar-refractivity contribution is 6.14. The topological polar surface area (TPSA) is 58.7 Å². The molecule has 0 radical (unpaired) electrons. The smallest absolute Gasteiger partial charge is 0.397 e. The minimum absolute atomic E-state index is 0.154. The number of hydrogen-bond donors (Lipinski definition) is 1. The molecular formula is C11H8F5N3O. The van der Waals surface area contributed by atoms with Crippen LogP contribution in [0.5, 0.6) is 0 Å². The molecule has 0 saturated carbocycles. The van der Waals surface area contributed by atoms with E-state index in [1.165, 1.54) is 0 Å². The summed E-state index contributed by atoms with van der Waals surface area (Å²) in [7, 11) is 0. The van der Waals surface area contributed by atoms with Gasteiger partial charge in [0.25, 0.3) is 12.3 Å². The molecular weight excluding hydrogens is 285 g/mol. The molecule has 0 unspecified atom stereocenters. The van der Waals surface area contributed by atoms with Gasteiger partial charge in [0.15, 0.2) is 0 Å². The van der Waals surface area contributed by atoms with Gasteiger partial charge in [0.1, 0.15) is 5.71 Å². The molecule has 4 nitrogen and oxygen atoms in total. The van der Waals surface area contributed by atoms with Crippen molar-refractivity contribution in [1.29, 1.82) is 0 Å². The Labute approximate surface area is 109 Å². The van der Waals surface area contributed by atoms with E-state index in [1.807, 2.05) is 0 Å². The summed E-state index contributed by atoms with van der Waals surface area (Å²) in [5.74, 6) is -0.772. The first kappa shape index (κ1) is 14.2. The van der Waals surface area contributed by atoms with Crippen LogP contribution >= 0.6 is 0 Å². The molecule has 0 atom stereocenters. The Balaban J connectivity index is 2.37. The lowest BCUT2D eigenvalue weighted by atomic mass is 10.1. The van der Waals surface area contributed by atoms with Crippen LogP contribution in [-0.4, -0.2) is 18.0 Å². The number of halogens is 5. The number of hydrazone groups is 1. The Kier molecular flexibility index (Phi) is 3.36. The first-order valence-corrected chi connectivity index (χ1v) is 5.35. The zero-order valence-corrected chi connectivity index (χ0v) is 9.79. The first-order chi connectivity index (χ1) is 9.20. The summed E-state index contributed by atoms with van der Waals surface area (Å²) in [6.45, 7) is 0. The Bertz CT molecular complexity index is 582. The van der Waals surface area contributed by atoms with E-state index in [1.54, 1.807) is 0 Å². The highest BCUT2D eigenvalue weighted by atomic mass is 19.4. The Morgan fingerprint density at radius 2 is 1.95 bits per heavy atom. The SMILES string of the molecule is Nc1cc(C(F)(F)F)ccc1N1N=C(C(F)F)CC1=O. The lowest BCUT2D eigenvalue weighted by molar-refractivity contribution is -0.137. The van der Waals surface area contributed by atoms with Gasteiger partial charge in [-0.3, -0.25) is 4.79 Å². The molecule has 1 aliphatic rings. The summed E-state index contributed by atoms with van der Waals surface area (Å²) in [4.78, 5) is 11.5. The van der Waals surface area contributed by atoms with Crippen molar-refractivity contribution in [3.63, 3.8) is 0 Å². The number of hydrogen-bond acceptors (Lipinski definition) is 3. The first-order valence-electron chi connectivity index (χ1n) is 5.35. The van der Waals surface area contributed by atoms with Crippen LogP contribution in [0, 0.1) is 0 Å². The minimum atomic E-state index is -4.58. The van der Waals surface area contributed by atoms with E-state index < -0.39 is 36.2 Å². The lowest BCUT2D eigenvalue weighted by Crippen LogP contribution is -2.21. The van der Waals surface area contributed by atoms with Crippen molar-refractivity contribution >= 4 is 23.0 Å². The molecule has 20 heavy (non-hydrogen) atoms. The molecule has 0 bridgehead atoms. The van der Waals surface area contributed by atoms with Gasteiger partial charge in [0.05, 0.1) is 23.4 Å². The molecule has 0 spiro atoms. The number of nitrogens with two attached hydrogens (primary N) is 1. The van der Waals surface area contributed by atoms with Gasteiger partial charge in [-0.15, -0.1) is 0 Å². The largest absolute Gasteiger partial charge is 0.416 e. The summed E-state index contributed by atoms with van der Waals surface area (Å²) >= 11 is 0. The van der Waals surface area contributed by atoms with Crippen molar-refractivity contribution in [3.05, 3.63) is 23.8 Å². The van der Waals surface area contributed by atoms with Crippen molar-refractivity contribution in [2.45, 2.75) is 19.0 Å². The van der Waals surface area contributed by atoms with E-state index in [0.717, 1.165) is 6.07 Å². The maximum absolute atomic E-state index is 12.5. The van der Waals surface area contributed by atoms with E-state index in [-0.39, 0.29) is 11.4 Å². The van der Waals surface area contributed by atoms with Gasteiger partial charge in [-0.2, -0.15) is 23.3 Å². The van der Waals surface area contributed by atoms with Crippen LogP contribution in [-0.2, 0) is 11.0 Å². The summed E-state index contributed by atoms with van der Waals surface area (Å²) in [6.07, 6.45) is -8.07. The van der Waals surface area contributed by atoms with Gasteiger partial charge in [-0.25, -0.2) is 8.78 Å². The molecule has 2 rings (SSSR count). The van der Waals surface area contributed by atoms with E-state index >= 15 is 0 Å². The second-order valence-electron chi connectivity index (χ2n) is 4.05. The number of benzene rings is 1. The third-order valence-electron chi connectivity index (χ3n) is 2.63. The predicted octanol–water partition coefficient (Wildman–Crippen LogP) is 2.65. The highest BCUT2D eigenvalue weighted by Gasteiger charge is 2.34. The minimum Gasteiger partial charge on any atom is -0.397 e. The van der Waals surface area contributed by atoms with Crippen LogP contribution in [0.2, 0.25) is 0 Å². The third kappa shape index (κ3) is 2.56. The Morgan fingerprint density at radius 3 is 2.40 bits per heavy atom. The standard InChI is InChI=1S/C11H8F5N3O/c12-10(13)7-4-9(20)19(18-7)8-2-1-5(3-6(8)17)11(14,15)16/h1-3,10H,4,17H2. The van der Waals surface area contributed by atoms with Crippen LogP contribution in [0.15, 0.2) is 23.3 Å². The molecule has 1 aromatic rings. The van der Waals surface area contributed by atoms with E-state index in [9.17, 15) is 26.7 Å². The number of nitrogen functional groups attached to an aromatic ring is 1. The third-order valence-corrected chi connectivity index (χ3v) is 2.63. The molecule has 108 valence electrons. The molecule has 2 N–H and O–H groups in total. The fourth-order valence-corrected chi connectivity index (χ4v) is 1.68. The molecule has 1 amide bonds. The number of carbonyl (C=O) groups excluding carboxylic acids is 1. The second-order valence-corrected chi connectivity index (χ2v) is 4.05. The number of alkyl halides is 5. The summed E-state index contributed by atoms with van der Waals surface area (Å²) in [5.41, 5.74) is 3.27. The van der Waals surface area contributed by atoms with E-state index in [4.69, 9.17) is 5.73 Å². The molecule has 1 heterocycles. The lowest BCUT2D eigenvalue weighted by Gasteiger charge is -2.16. The monoisotopic (exact) mass is 293 g/mol. The van der Waals surface area contributed by atoms with Crippen molar-refractivity contribution in [2.75, 3.05) is 10.7 Å². The van der Waals surface area contributed by atoms with Crippen LogP contribution in [0.3, 0.4) is 0 Å². The van der Waals surface area contributed by atoms with Crippen LogP contribution in [0.4, 0.5) is 33.3 Å². The number of rotatable bonds is 2. The summed E-state index contributed by atoms with van der Waals surface area (Å²) in [6, 6.07) is 2.25. The molecule has 0 aromatic heterocycles. The van der Waals surface area contributed by atoms with Gasteiger partial charge in [-0.05, 0) is 18.2 Å². The zero-order valence-electron chi connectivity index (χ0n) is 9.79.